The fourth-order valence-electron chi connectivity index (χ4n) is 6.00. The number of aryl methyl sites for hydroxylation is 2. The zero-order valence-electron chi connectivity index (χ0n) is 18.2. The summed E-state index contributed by atoms with van der Waals surface area (Å²) in [5.74, 6) is 0.905. The summed E-state index contributed by atoms with van der Waals surface area (Å²) in [5.41, 5.74) is 5.71. The predicted molar refractivity (Wildman–Crippen MR) is 120 cm³/mol. The van der Waals surface area contributed by atoms with Crippen LogP contribution < -0.4 is 5.56 Å². The molecule has 2 aromatic rings. The molecule has 3 aliphatic rings. The Hall–Kier alpha value is -2.18. The molecule has 1 spiro atoms. The van der Waals surface area contributed by atoms with Gasteiger partial charge in [-0.05, 0) is 79.2 Å². The second-order valence-electron chi connectivity index (χ2n) is 9.89. The van der Waals surface area contributed by atoms with Crippen molar-refractivity contribution in [1.82, 2.24) is 20.0 Å². The number of rotatable bonds is 6. The number of fused-ring (bicyclic) bond motifs is 1. The summed E-state index contributed by atoms with van der Waals surface area (Å²) in [4.78, 5) is 28.3. The summed E-state index contributed by atoms with van der Waals surface area (Å²) in [6, 6.07) is 4.36. The van der Waals surface area contributed by atoms with Crippen molar-refractivity contribution < 1.29 is 4.79 Å². The number of hydrogen-bond donors (Lipinski definition) is 1. The van der Waals surface area contributed by atoms with Gasteiger partial charge in [-0.3, -0.25) is 9.59 Å². The molecule has 0 radical (unpaired) electrons. The minimum atomic E-state index is -0.308. The molecule has 7 heteroatoms. The number of halogens is 1. The fraction of sp³-hybridized carbons (Fsp3) is 0.542. The summed E-state index contributed by atoms with van der Waals surface area (Å²) in [6.45, 7) is 6.19. The zero-order valence-corrected chi connectivity index (χ0v) is 19.0. The van der Waals surface area contributed by atoms with Gasteiger partial charge < -0.3 is 9.80 Å². The molecule has 5 rings (SSSR count). The van der Waals surface area contributed by atoms with Crippen LogP contribution in [0.3, 0.4) is 0 Å². The van der Waals surface area contributed by atoms with Gasteiger partial charge in [-0.2, -0.15) is 5.10 Å². The van der Waals surface area contributed by atoms with E-state index in [0.717, 1.165) is 55.0 Å². The lowest BCUT2D eigenvalue weighted by atomic mass is 9.56. The molecule has 6 nitrogen and oxygen atoms in total. The van der Waals surface area contributed by atoms with E-state index in [1.807, 2.05) is 18.9 Å². The molecule has 2 aliphatic heterocycles. The summed E-state index contributed by atoms with van der Waals surface area (Å²) < 4.78 is 0. The normalized spacial score (nSPS) is 20.1. The van der Waals surface area contributed by atoms with E-state index in [-0.39, 0.29) is 16.5 Å². The summed E-state index contributed by atoms with van der Waals surface area (Å²) >= 11 is 6.06. The first-order valence-electron chi connectivity index (χ1n) is 11.2. The van der Waals surface area contributed by atoms with Crippen molar-refractivity contribution >= 4 is 17.5 Å². The van der Waals surface area contributed by atoms with Crippen LogP contribution in [0.1, 0.15) is 51.9 Å². The van der Waals surface area contributed by atoms with Crippen molar-refractivity contribution in [2.75, 3.05) is 26.7 Å². The van der Waals surface area contributed by atoms with Gasteiger partial charge in [0.25, 0.3) is 11.5 Å². The van der Waals surface area contributed by atoms with Gasteiger partial charge >= 0.3 is 0 Å². The van der Waals surface area contributed by atoms with Crippen LogP contribution in [0, 0.1) is 18.3 Å². The first-order chi connectivity index (χ1) is 14.8. The SMILES string of the molecule is Cc1ccc(CC2CC3(C2)CN(CCCc2cn[nH]c(=O)c2Cl)C3)c2c1C(=O)N(C)C2. The zero-order chi connectivity index (χ0) is 21.8. The van der Waals surface area contributed by atoms with Crippen LogP contribution in [0.25, 0.3) is 0 Å². The maximum atomic E-state index is 12.4. The van der Waals surface area contributed by atoms with E-state index < -0.39 is 0 Å². The van der Waals surface area contributed by atoms with Gasteiger partial charge in [0, 0.05) is 32.2 Å². The first-order valence-corrected chi connectivity index (χ1v) is 11.5. The summed E-state index contributed by atoms with van der Waals surface area (Å²) in [5, 5.41) is 6.48. The lowest BCUT2D eigenvalue weighted by Gasteiger charge is -2.59. The van der Waals surface area contributed by atoms with Crippen LogP contribution in [0.15, 0.2) is 23.1 Å². The number of aromatic amines is 1. The third kappa shape index (κ3) is 3.70. The Bertz CT molecular complexity index is 1080. The molecule has 1 aromatic heterocycles. The lowest BCUT2D eigenvalue weighted by molar-refractivity contribution is -0.0937. The number of nitrogens with zero attached hydrogens (tertiary/aromatic N) is 3. The molecule has 2 fully saturated rings. The van der Waals surface area contributed by atoms with Gasteiger partial charge in [0.2, 0.25) is 0 Å². The van der Waals surface area contributed by atoms with Crippen molar-refractivity contribution in [2.24, 2.45) is 11.3 Å². The Morgan fingerprint density at radius 1 is 1.23 bits per heavy atom. The number of aromatic nitrogens is 2. The highest BCUT2D eigenvalue weighted by atomic mass is 35.5. The molecule has 0 atom stereocenters. The van der Waals surface area contributed by atoms with Crippen LogP contribution >= 0.6 is 11.6 Å². The Morgan fingerprint density at radius 2 is 2.00 bits per heavy atom. The van der Waals surface area contributed by atoms with E-state index >= 15 is 0 Å². The molecule has 1 N–H and O–H groups in total. The van der Waals surface area contributed by atoms with Crippen LogP contribution in [0.5, 0.6) is 0 Å². The van der Waals surface area contributed by atoms with Gasteiger partial charge in [-0.15, -0.1) is 0 Å². The first kappa shape index (κ1) is 20.7. The van der Waals surface area contributed by atoms with E-state index in [2.05, 4.69) is 27.2 Å². The van der Waals surface area contributed by atoms with Crippen LogP contribution in [-0.2, 0) is 19.4 Å². The Morgan fingerprint density at radius 3 is 2.77 bits per heavy atom. The molecular weight excluding hydrogens is 412 g/mol. The standard InChI is InChI=1S/C24H29ClN4O2/c1-15-5-6-17(19-12-28(2)23(31)20(15)19)8-16-9-24(10-16)13-29(14-24)7-3-4-18-11-26-27-22(30)21(18)25/h5-6,11,16H,3-4,7-10,12-14H2,1-2H3,(H,27,30). The average Bonchev–Trinajstić information content (AvgIpc) is 2.98. The number of nitrogens with one attached hydrogen (secondary N) is 1. The molecular formula is C24H29ClN4O2. The molecule has 1 aromatic carbocycles. The van der Waals surface area contributed by atoms with Crippen molar-refractivity contribution in [3.05, 3.63) is 61.5 Å². The number of amides is 1. The average molecular weight is 441 g/mol. The molecule has 0 bridgehead atoms. The van der Waals surface area contributed by atoms with Crippen molar-refractivity contribution in [3.8, 4) is 0 Å². The number of benzene rings is 1. The van der Waals surface area contributed by atoms with E-state index in [1.165, 1.54) is 37.1 Å². The van der Waals surface area contributed by atoms with Crippen molar-refractivity contribution in [1.29, 1.82) is 0 Å². The molecule has 164 valence electrons. The second kappa shape index (κ2) is 7.75. The van der Waals surface area contributed by atoms with E-state index in [9.17, 15) is 9.59 Å². The number of H-pyrrole nitrogens is 1. The maximum Gasteiger partial charge on any atom is 0.283 e. The van der Waals surface area contributed by atoms with Gasteiger partial charge in [0.05, 0.1) is 6.20 Å². The van der Waals surface area contributed by atoms with Gasteiger partial charge in [0.1, 0.15) is 5.02 Å². The third-order valence-electron chi connectivity index (χ3n) is 7.43. The highest BCUT2D eigenvalue weighted by Crippen LogP contribution is 2.53. The molecule has 31 heavy (non-hydrogen) atoms. The van der Waals surface area contributed by atoms with Gasteiger partial charge in [-0.25, -0.2) is 5.10 Å². The highest BCUT2D eigenvalue weighted by Gasteiger charge is 2.51. The third-order valence-corrected chi connectivity index (χ3v) is 7.85. The Balaban J connectivity index is 1.10. The highest BCUT2D eigenvalue weighted by molar-refractivity contribution is 6.31. The van der Waals surface area contributed by atoms with Crippen molar-refractivity contribution in [3.63, 3.8) is 0 Å². The predicted octanol–water partition coefficient (Wildman–Crippen LogP) is 3.20. The topological polar surface area (TPSA) is 69.3 Å². The molecule has 1 aliphatic carbocycles. The Labute approximate surface area is 187 Å². The quantitative estimate of drug-likeness (QED) is 0.748. The van der Waals surface area contributed by atoms with Crippen LogP contribution in [0.4, 0.5) is 0 Å². The summed E-state index contributed by atoms with van der Waals surface area (Å²) in [7, 11) is 1.90. The van der Waals surface area contributed by atoms with Crippen LogP contribution in [0.2, 0.25) is 5.02 Å². The minimum Gasteiger partial charge on any atom is -0.337 e. The van der Waals surface area contributed by atoms with E-state index in [0.29, 0.717) is 5.41 Å². The number of carbonyl (C=O) groups excluding carboxylic acids is 1. The maximum absolute atomic E-state index is 12.4. The van der Waals surface area contributed by atoms with Crippen LogP contribution in [-0.4, -0.2) is 52.6 Å². The van der Waals surface area contributed by atoms with Gasteiger partial charge in [-0.1, -0.05) is 23.7 Å². The van der Waals surface area contributed by atoms with Gasteiger partial charge in [0.15, 0.2) is 0 Å². The number of hydrogen-bond acceptors (Lipinski definition) is 4. The fourth-order valence-corrected chi connectivity index (χ4v) is 6.19. The Kier molecular flexibility index (Phi) is 5.18. The molecule has 0 unspecified atom stereocenters. The lowest BCUT2D eigenvalue weighted by Crippen LogP contribution is -2.62. The number of likely N-dealkylation sites (tertiary alicyclic amines) is 1. The molecule has 1 amide bonds. The minimum absolute atomic E-state index is 0.172. The second-order valence-corrected chi connectivity index (χ2v) is 10.3. The molecule has 3 heterocycles. The number of carbonyl (C=O) groups is 1. The smallest absolute Gasteiger partial charge is 0.283 e. The monoisotopic (exact) mass is 440 g/mol. The van der Waals surface area contributed by atoms with E-state index in [4.69, 9.17) is 11.6 Å². The largest absolute Gasteiger partial charge is 0.337 e. The summed E-state index contributed by atoms with van der Waals surface area (Å²) in [6.07, 6.45) is 7.11. The molecule has 1 saturated heterocycles. The van der Waals surface area contributed by atoms with E-state index in [1.54, 1.807) is 6.20 Å². The molecule has 1 saturated carbocycles. The van der Waals surface area contributed by atoms with Crippen molar-refractivity contribution in [2.45, 2.75) is 45.6 Å².